The number of ether oxygens (including phenoxy) is 1. The summed E-state index contributed by atoms with van der Waals surface area (Å²) in [6.45, 7) is 4.09. The van der Waals surface area contributed by atoms with E-state index in [0.29, 0.717) is 36.3 Å². The number of methoxy groups -OCH3 is 1. The monoisotopic (exact) mass is 517 g/mol. The fourth-order valence-electron chi connectivity index (χ4n) is 4.74. The molecule has 4 rings (SSSR count). The molecule has 7 heteroatoms. The number of allylic oxidation sites excluding steroid dienone is 12. The first-order chi connectivity index (χ1) is 16.9. The molecule has 0 aliphatic heterocycles. The summed E-state index contributed by atoms with van der Waals surface area (Å²) in [7, 11) is -1.24. The van der Waals surface area contributed by atoms with Gasteiger partial charge in [0, 0.05) is 39.2 Å². The summed E-state index contributed by atoms with van der Waals surface area (Å²) in [5.41, 5.74) is -0.626. The van der Waals surface area contributed by atoms with Crippen LogP contribution in [0.3, 0.4) is 0 Å². The van der Waals surface area contributed by atoms with E-state index >= 15 is 13.2 Å². The van der Waals surface area contributed by atoms with Crippen molar-refractivity contribution < 1.29 is 17.9 Å². The molecule has 0 radical (unpaired) electrons. The Kier molecular flexibility index (Phi) is 8.87. The molecule has 2 nitrogen and oxygen atoms in total. The summed E-state index contributed by atoms with van der Waals surface area (Å²) in [5.74, 6) is 0.0623. The van der Waals surface area contributed by atoms with E-state index in [2.05, 4.69) is 10.5 Å². The van der Waals surface area contributed by atoms with Gasteiger partial charge >= 0.3 is 0 Å². The van der Waals surface area contributed by atoms with Crippen molar-refractivity contribution in [2.45, 2.75) is 56.9 Å². The second kappa shape index (κ2) is 11.9. The normalized spacial score (nSPS) is 24.0. The van der Waals surface area contributed by atoms with E-state index in [-0.39, 0.29) is 29.2 Å². The van der Waals surface area contributed by atoms with Gasteiger partial charge in [0.2, 0.25) is 0 Å². The molecule has 0 fully saturated rings. The number of hydrogen-bond donors (Lipinski definition) is 0. The zero-order valence-electron chi connectivity index (χ0n) is 20.4. The van der Waals surface area contributed by atoms with E-state index in [9.17, 15) is 0 Å². The summed E-state index contributed by atoms with van der Waals surface area (Å²) >= 11 is 0. The molecular formula is C28H32F3NOP2. The number of rotatable bonds is 8. The van der Waals surface area contributed by atoms with Gasteiger partial charge in [-0.25, -0.2) is 17.6 Å². The smallest absolute Gasteiger partial charge is 0.132 e. The van der Waals surface area contributed by atoms with Gasteiger partial charge in [0.15, 0.2) is 0 Å². The second-order valence-electron chi connectivity index (χ2n) is 8.97. The van der Waals surface area contributed by atoms with Gasteiger partial charge < -0.3 is 4.74 Å². The average molecular weight is 518 g/mol. The van der Waals surface area contributed by atoms with Crippen molar-refractivity contribution >= 4 is 21.4 Å². The van der Waals surface area contributed by atoms with Crippen LogP contribution in [0.1, 0.15) is 39.5 Å². The highest BCUT2D eigenvalue weighted by molar-refractivity contribution is 7.77. The third-order valence-electron chi connectivity index (χ3n) is 6.31. The number of nitrogens with zero attached hydrogens (tertiary/aromatic N) is 1. The van der Waals surface area contributed by atoms with E-state index in [1.54, 1.807) is 19.3 Å². The lowest BCUT2D eigenvalue weighted by Crippen LogP contribution is -2.36. The first kappa shape index (κ1) is 26.1. The van der Waals surface area contributed by atoms with Gasteiger partial charge in [-0.05, 0) is 51.3 Å². The van der Waals surface area contributed by atoms with Crippen LogP contribution in [0.2, 0.25) is 0 Å². The molecule has 0 amide bonds. The van der Waals surface area contributed by atoms with Crippen LogP contribution in [0.5, 0.6) is 0 Å². The van der Waals surface area contributed by atoms with Crippen LogP contribution in [-0.2, 0) is 4.74 Å². The SMILES string of the molecule is COC1=CC=CCC1P(c1ccccc1F)N(C(C)C)P(C1=C(F)CCC=C1)C1CC=CC=C1F. The third-order valence-corrected chi connectivity index (χ3v) is 13.1. The van der Waals surface area contributed by atoms with Crippen molar-refractivity contribution in [2.75, 3.05) is 7.11 Å². The van der Waals surface area contributed by atoms with Crippen LogP contribution in [-0.4, -0.2) is 28.9 Å². The van der Waals surface area contributed by atoms with Crippen LogP contribution < -0.4 is 5.30 Å². The summed E-state index contributed by atoms with van der Waals surface area (Å²) in [6.07, 6.45) is 17.0. The average Bonchev–Trinajstić information content (AvgIpc) is 2.86. The van der Waals surface area contributed by atoms with Crippen molar-refractivity contribution in [2.24, 2.45) is 0 Å². The lowest BCUT2D eigenvalue weighted by Gasteiger charge is -2.48. The van der Waals surface area contributed by atoms with Gasteiger partial charge in [-0.3, -0.25) is 0 Å². The topological polar surface area (TPSA) is 12.5 Å². The van der Waals surface area contributed by atoms with Crippen molar-refractivity contribution in [1.82, 2.24) is 4.44 Å². The van der Waals surface area contributed by atoms with Gasteiger partial charge in [-0.15, -0.1) is 0 Å². The van der Waals surface area contributed by atoms with Gasteiger partial charge in [0.25, 0.3) is 0 Å². The number of halogens is 3. The summed E-state index contributed by atoms with van der Waals surface area (Å²) < 4.78 is 54.4. The summed E-state index contributed by atoms with van der Waals surface area (Å²) in [5, 5.41) is 1.16. The predicted octanol–water partition coefficient (Wildman–Crippen LogP) is 8.53. The highest BCUT2D eigenvalue weighted by Gasteiger charge is 2.44. The van der Waals surface area contributed by atoms with Crippen LogP contribution in [0.25, 0.3) is 0 Å². The Morgan fingerprint density at radius 2 is 1.66 bits per heavy atom. The Hall–Kier alpha value is -1.93. The van der Waals surface area contributed by atoms with Crippen LogP contribution in [0, 0.1) is 5.82 Å². The second-order valence-corrected chi connectivity index (χ2v) is 13.7. The Labute approximate surface area is 209 Å². The molecule has 0 aromatic heterocycles. The van der Waals surface area contributed by atoms with Crippen molar-refractivity contribution in [3.63, 3.8) is 0 Å². The van der Waals surface area contributed by atoms with Crippen LogP contribution in [0.15, 0.2) is 95.6 Å². The molecule has 0 N–H and O–H groups in total. The maximum absolute atomic E-state index is 15.5. The molecule has 0 spiro atoms. The van der Waals surface area contributed by atoms with E-state index in [1.165, 1.54) is 12.1 Å². The summed E-state index contributed by atoms with van der Waals surface area (Å²) in [4.78, 5) is 0. The molecule has 1 aromatic carbocycles. The maximum Gasteiger partial charge on any atom is 0.132 e. The lowest BCUT2D eigenvalue weighted by atomic mass is 10.1. The molecule has 4 atom stereocenters. The molecule has 0 heterocycles. The van der Waals surface area contributed by atoms with Gasteiger partial charge in [0.1, 0.15) is 23.2 Å². The third kappa shape index (κ3) is 5.58. The Morgan fingerprint density at radius 1 is 0.943 bits per heavy atom. The molecule has 0 saturated carbocycles. The van der Waals surface area contributed by atoms with Crippen molar-refractivity contribution in [1.29, 1.82) is 0 Å². The zero-order valence-corrected chi connectivity index (χ0v) is 22.2. The Bertz CT molecular complexity index is 1110. The summed E-state index contributed by atoms with van der Waals surface area (Å²) in [6, 6.07) is 6.75. The van der Waals surface area contributed by atoms with Crippen LogP contribution >= 0.6 is 16.1 Å². The zero-order chi connectivity index (χ0) is 24.9. The van der Waals surface area contributed by atoms with Gasteiger partial charge in [-0.1, -0.05) is 54.7 Å². The van der Waals surface area contributed by atoms with Crippen molar-refractivity contribution in [3.05, 3.63) is 101 Å². The molecule has 4 unspecified atom stereocenters. The first-order valence-electron chi connectivity index (χ1n) is 12.0. The lowest BCUT2D eigenvalue weighted by molar-refractivity contribution is 0.278. The fraction of sp³-hybridized carbons (Fsp3) is 0.357. The molecule has 0 saturated heterocycles. The highest BCUT2D eigenvalue weighted by atomic mass is 31.2. The molecule has 3 aliphatic rings. The Balaban J connectivity index is 1.93. The van der Waals surface area contributed by atoms with E-state index in [0.717, 1.165) is 5.76 Å². The molecule has 3 aliphatic carbocycles. The number of hydrogen-bond acceptors (Lipinski definition) is 2. The molecule has 1 aromatic rings. The minimum atomic E-state index is -1.49. The fourth-order valence-corrected chi connectivity index (χ4v) is 12.1. The first-order valence-corrected chi connectivity index (χ1v) is 14.8. The predicted molar refractivity (Wildman–Crippen MR) is 143 cm³/mol. The minimum absolute atomic E-state index is 0.0785. The molecule has 0 bridgehead atoms. The quantitative estimate of drug-likeness (QED) is 0.321. The van der Waals surface area contributed by atoms with Gasteiger partial charge in [-0.2, -0.15) is 0 Å². The molecular weight excluding hydrogens is 485 g/mol. The Morgan fingerprint density at radius 3 is 2.31 bits per heavy atom. The van der Waals surface area contributed by atoms with E-state index in [4.69, 9.17) is 4.74 Å². The van der Waals surface area contributed by atoms with Crippen LogP contribution in [0.4, 0.5) is 13.2 Å². The van der Waals surface area contributed by atoms with E-state index < -0.39 is 21.8 Å². The number of benzene rings is 1. The highest BCUT2D eigenvalue weighted by Crippen LogP contribution is 2.70. The maximum atomic E-state index is 15.5. The van der Waals surface area contributed by atoms with E-state index in [1.807, 2.05) is 56.4 Å². The molecule has 35 heavy (non-hydrogen) atoms. The van der Waals surface area contributed by atoms with Crippen molar-refractivity contribution in [3.8, 4) is 0 Å². The largest absolute Gasteiger partial charge is 0.500 e. The standard InChI is InChI=1S/C28H32F3NOP2/c1-20(2)32(34(25-16-8-4-12-21(25)29)26-17-9-5-13-22(26)30)35(27-18-10-6-14-23(27)31)28-19-11-7-15-24(28)33-3/h4,6-12,14-15,17-18,20,25,28H,5,13,16,19H2,1-3H3. The molecule has 186 valence electrons. The van der Waals surface area contributed by atoms with Gasteiger partial charge in [0.05, 0.1) is 18.4 Å². The minimum Gasteiger partial charge on any atom is -0.500 e.